The molecular formula is C20H28FNO. The zero-order valence-electron chi connectivity index (χ0n) is 15.3. The molecule has 3 heteroatoms. The van der Waals surface area contributed by atoms with Crippen LogP contribution in [0.5, 0.6) is 0 Å². The van der Waals surface area contributed by atoms with Crippen LogP contribution < -0.4 is 0 Å². The van der Waals surface area contributed by atoms with Gasteiger partial charge in [-0.1, -0.05) is 38.1 Å². The summed E-state index contributed by atoms with van der Waals surface area (Å²) in [6, 6.07) is 7.53. The van der Waals surface area contributed by atoms with Crippen LogP contribution in [0.25, 0.3) is 5.57 Å². The molecule has 2 nitrogen and oxygen atoms in total. The van der Waals surface area contributed by atoms with Crippen molar-refractivity contribution >= 4 is 17.1 Å². The van der Waals surface area contributed by atoms with Gasteiger partial charge in [0, 0.05) is 12.6 Å². The first-order valence-electron chi connectivity index (χ1n) is 8.08. The molecule has 0 N–H and O–H groups in total. The number of carbonyl (C=O) groups is 1. The van der Waals surface area contributed by atoms with Gasteiger partial charge in [0.2, 0.25) is 0 Å². The lowest BCUT2D eigenvalue weighted by Gasteiger charge is -2.23. The molecule has 0 spiro atoms. The molecule has 0 aliphatic heterocycles. The lowest BCUT2D eigenvalue weighted by molar-refractivity contribution is -0.111. The number of rotatable bonds is 6. The maximum absolute atomic E-state index is 14.8. The van der Waals surface area contributed by atoms with Crippen LogP contribution in [-0.4, -0.2) is 11.5 Å². The Bertz CT molecular complexity index is 622. The number of Topliss-reactive ketones (excluding diaryl/α,β-unsaturated/α-hetero) is 1. The molecule has 0 aliphatic carbocycles. The molecule has 0 aromatic heterocycles. The lowest BCUT2D eigenvalue weighted by Crippen LogP contribution is -2.17. The van der Waals surface area contributed by atoms with E-state index >= 15 is 0 Å². The Morgan fingerprint density at radius 2 is 1.65 bits per heavy atom. The highest BCUT2D eigenvalue weighted by atomic mass is 19.1. The third-order valence-electron chi connectivity index (χ3n) is 4.10. The average molecular weight is 317 g/mol. The second-order valence-electron chi connectivity index (χ2n) is 6.84. The Morgan fingerprint density at radius 1 is 1.13 bits per heavy atom. The van der Waals surface area contributed by atoms with E-state index in [0.29, 0.717) is 23.6 Å². The number of allylic oxidation sites excluding steroid dienone is 2. The van der Waals surface area contributed by atoms with Crippen molar-refractivity contribution in [1.29, 1.82) is 0 Å². The Kier molecular flexibility index (Phi) is 6.43. The normalized spacial score (nSPS) is 16.1. The minimum absolute atomic E-state index is 0.0330. The molecule has 0 aliphatic rings. The van der Waals surface area contributed by atoms with E-state index in [4.69, 9.17) is 0 Å². The van der Waals surface area contributed by atoms with Crippen LogP contribution in [0.3, 0.4) is 0 Å². The van der Waals surface area contributed by atoms with Crippen molar-refractivity contribution in [2.45, 2.75) is 60.6 Å². The highest BCUT2D eigenvalue weighted by Gasteiger charge is 2.26. The summed E-state index contributed by atoms with van der Waals surface area (Å²) < 4.78 is 14.8. The van der Waals surface area contributed by atoms with Gasteiger partial charge in [-0.15, -0.1) is 0 Å². The zero-order chi connectivity index (χ0) is 17.8. The van der Waals surface area contributed by atoms with Gasteiger partial charge in [-0.25, -0.2) is 4.39 Å². The number of nitrogens with zero attached hydrogens (tertiary/aromatic N) is 1. The van der Waals surface area contributed by atoms with Crippen molar-refractivity contribution in [3.63, 3.8) is 0 Å². The Morgan fingerprint density at radius 3 is 2.09 bits per heavy atom. The first kappa shape index (κ1) is 19.3. The van der Waals surface area contributed by atoms with E-state index in [1.54, 1.807) is 13.8 Å². The molecule has 0 saturated carbocycles. The number of halogens is 1. The van der Waals surface area contributed by atoms with E-state index in [-0.39, 0.29) is 5.78 Å². The van der Waals surface area contributed by atoms with Crippen molar-refractivity contribution in [3.05, 3.63) is 41.1 Å². The topological polar surface area (TPSA) is 29.4 Å². The van der Waals surface area contributed by atoms with Crippen molar-refractivity contribution < 1.29 is 9.18 Å². The van der Waals surface area contributed by atoms with Crippen molar-refractivity contribution in [1.82, 2.24) is 0 Å². The van der Waals surface area contributed by atoms with Crippen molar-refractivity contribution in [2.24, 2.45) is 10.9 Å². The molecule has 1 aromatic rings. The molecule has 126 valence electrons. The van der Waals surface area contributed by atoms with Gasteiger partial charge < -0.3 is 0 Å². The number of hydrogen-bond acceptors (Lipinski definition) is 2. The predicted molar refractivity (Wildman–Crippen MR) is 96.4 cm³/mol. The maximum Gasteiger partial charge on any atom is 0.173 e. The van der Waals surface area contributed by atoms with Gasteiger partial charge in [-0.05, 0) is 56.7 Å². The van der Waals surface area contributed by atoms with Gasteiger partial charge in [0.1, 0.15) is 5.67 Å². The Labute approximate surface area is 139 Å². The second-order valence-corrected chi connectivity index (χ2v) is 6.84. The maximum atomic E-state index is 14.8. The fraction of sp³-hybridized carbons (Fsp3) is 0.500. The fourth-order valence-corrected chi connectivity index (χ4v) is 2.58. The van der Waals surface area contributed by atoms with Crippen LogP contribution in [-0.2, 0) is 10.5 Å². The summed E-state index contributed by atoms with van der Waals surface area (Å²) in [5, 5.41) is 0. The standard InChI is InChI=1S/C20H28FNO/c1-13(2)12-20(7,21)19-10-8-18(9-11-19)14(3)15(4)22-16(5)17(6)23/h8-11,13H,12H2,1-7H3/b15-14+,22-16?. The van der Waals surface area contributed by atoms with E-state index in [0.717, 1.165) is 16.8 Å². The van der Waals surface area contributed by atoms with E-state index in [1.807, 2.05) is 52.0 Å². The third-order valence-corrected chi connectivity index (χ3v) is 4.10. The molecule has 0 saturated heterocycles. The number of benzene rings is 1. The molecule has 1 unspecified atom stereocenters. The molecule has 0 amide bonds. The van der Waals surface area contributed by atoms with E-state index in [1.165, 1.54) is 6.92 Å². The van der Waals surface area contributed by atoms with Crippen LogP contribution in [0.4, 0.5) is 4.39 Å². The summed E-state index contributed by atoms with van der Waals surface area (Å²) in [7, 11) is 0. The van der Waals surface area contributed by atoms with E-state index in [9.17, 15) is 9.18 Å². The van der Waals surface area contributed by atoms with Crippen LogP contribution in [0.1, 0.15) is 66.0 Å². The SMILES string of the molecule is CC(=O)C(C)=N/C(C)=C(\C)c1ccc(C(C)(F)CC(C)C)cc1. The van der Waals surface area contributed by atoms with Crippen LogP contribution in [0.2, 0.25) is 0 Å². The van der Waals surface area contributed by atoms with Crippen LogP contribution in [0.15, 0.2) is 35.0 Å². The molecular weight excluding hydrogens is 289 g/mol. The summed E-state index contributed by atoms with van der Waals surface area (Å²) in [5.41, 5.74) is 2.65. The number of ketones is 1. The highest BCUT2D eigenvalue weighted by Crippen LogP contribution is 2.33. The average Bonchev–Trinajstić information content (AvgIpc) is 2.45. The van der Waals surface area contributed by atoms with Crippen LogP contribution in [0, 0.1) is 5.92 Å². The summed E-state index contributed by atoms with van der Waals surface area (Å²) in [4.78, 5) is 15.6. The molecule has 1 aromatic carbocycles. The molecule has 0 radical (unpaired) electrons. The van der Waals surface area contributed by atoms with Gasteiger partial charge in [0.15, 0.2) is 5.78 Å². The minimum Gasteiger partial charge on any atom is -0.293 e. The number of carbonyl (C=O) groups excluding carboxylic acids is 1. The van der Waals surface area contributed by atoms with Crippen LogP contribution >= 0.6 is 0 Å². The second kappa shape index (κ2) is 7.67. The monoisotopic (exact) mass is 317 g/mol. The van der Waals surface area contributed by atoms with E-state index < -0.39 is 5.67 Å². The van der Waals surface area contributed by atoms with Gasteiger partial charge in [0.25, 0.3) is 0 Å². The van der Waals surface area contributed by atoms with Crippen molar-refractivity contribution in [3.8, 4) is 0 Å². The summed E-state index contributed by atoms with van der Waals surface area (Å²) in [6.07, 6.45) is 0.502. The van der Waals surface area contributed by atoms with E-state index in [2.05, 4.69) is 4.99 Å². The van der Waals surface area contributed by atoms with Gasteiger partial charge in [-0.2, -0.15) is 0 Å². The Balaban J connectivity index is 3.09. The third kappa shape index (κ3) is 5.42. The summed E-state index contributed by atoms with van der Waals surface area (Å²) in [5.74, 6) is 0.270. The smallest absolute Gasteiger partial charge is 0.173 e. The lowest BCUT2D eigenvalue weighted by atomic mass is 9.88. The predicted octanol–water partition coefficient (Wildman–Crippen LogP) is 5.72. The first-order valence-corrected chi connectivity index (χ1v) is 8.08. The molecule has 1 atom stereocenters. The van der Waals surface area contributed by atoms with Gasteiger partial charge in [0.05, 0.1) is 5.71 Å². The summed E-state index contributed by atoms with van der Waals surface area (Å²) >= 11 is 0. The van der Waals surface area contributed by atoms with Gasteiger partial charge in [-0.3, -0.25) is 9.79 Å². The number of alkyl halides is 1. The quantitative estimate of drug-likeness (QED) is 0.617. The van der Waals surface area contributed by atoms with Gasteiger partial charge >= 0.3 is 0 Å². The van der Waals surface area contributed by atoms with Crippen molar-refractivity contribution in [2.75, 3.05) is 0 Å². The molecule has 0 heterocycles. The first-order chi connectivity index (χ1) is 10.5. The highest BCUT2D eigenvalue weighted by molar-refractivity contribution is 6.38. The summed E-state index contributed by atoms with van der Waals surface area (Å²) in [6.45, 7) is 12.7. The number of hydrogen-bond donors (Lipinski definition) is 0. The Hall–Kier alpha value is -1.77. The minimum atomic E-state index is -1.32. The molecule has 0 fully saturated rings. The zero-order valence-corrected chi connectivity index (χ0v) is 15.3. The number of aliphatic imine (C=N–C) groups is 1. The fourth-order valence-electron chi connectivity index (χ4n) is 2.58. The molecule has 0 bridgehead atoms. The largest absolute Gasteiger partial charge is 0.293 e. The molecule has 1 rings (SSSR count). The molecule has 23 heavy (non-hydrogen) atoms.